The number of hydrogen-bond donors (Lipinski definition) is 3. The van der Waals surface area contributed by atoms with Crippen molar-refractivity contribution in [3.05, 3.63) is 17.8 Å². The highest BCUT2D eigenvalue weighted by Crippen LogP contribution is 2.19. The van der Waals surface area contributed by atoms with Crippen LogP contribution in [0.3, 0.4) is 0 Å². The van der Waals surface area contributed by atoms with E-state index >= 15 is 0 Å². The summed E-state index contributed by atoms with van der Waals surface area (Å²) in [5.41, 5.74) is 6.59. The van der Waals surface area contributed by atoms with E-state index < -0.39 is 11.9 Å². The number of aromatic nitrogens is 1. The number of hydrogen-bond acceptors (Lipinski definition) is 4. The van der Waals surface area contributed by atoms with Gasteiger partial charge in [0.1, 0.15) is 5.82 Å². The topological polar surface area (TPSA) is 105 Å². The molecule has 0 aliphatic rings. The van der Waals surface area contributed by atoms with Gasteiger partial charge in [-0.3, -0.25) is 4.79 Å². The lowest BCUT2D eigenvalue weighted by Gasteiger charge is -2.09. The highest BCUT2D eigenvalue weighted by molar-refractivity contribution is 6.36. The van der Waals surface area contributed by atoms with Crippen molar-refractivity contribution in [3.8, 4) is 0 Å². The predicted octanol–water partition coefficient (Wildman–Crippen LogP) is 0.249. The van der Waals surface area contributed by atoms with Crippen molar-refractivity contribution in [3.63, 3.8) is 0 Å². The van der Waals surface area contributed by atoms with Gasteiger partial charge in [-0.2, -0.15) is 0 Å². The molecule has 0 aliphatic heterocycles. The summed E-state index contributed by atoms with van der Waals surface area (Å²) in [6.07, 6.45) is 1.97. The van der Waals surface area contributed by atoms with E-state index in [1.807, 2.05) is 6.92 Å². The molecule has 0 saturated carbocycles. The van der Waals surface area contributed by atoms with Crippen molar-refractivity contribution in [1.82, 2.24) is 4.98 Å². The molecule has 80 valence electrons. The molecule has 6 heteroatoms. The second-order valence-electron chi connectivity index (χ2n) is 2.84. The van der Waals surface area contributed by atoms with Crippen molar-refractivity contribution in [2.75, 3.05) is 11.1 Å². The maximum absolute atomic E-state index is 10.9. The van der Waals surface area contributed by atoms with Crippen LogP contribution in [0.2, 0.25) is 0 Å². The van der Waals surface area contributed by atoms with Crippen LogP contribution < -0.4 is 11.1 Å². The molecule has 1 aromatic heterocycles. The number of rotatable bonds is 2. The van der Waals surface area contributed by atoms with Gasteiger partial charge in [0.2, 0.25) is 0 Å². The van der Waals surface area contributed by atoms with E-state index in [0.29, 0.717) is 23.5 Å². The summed E-state index contributed by atoms with van der Waals surface area (Å²) < 4.78 is 0. The fourth-order valence-corrected chi connectivity index (χ4v) is 1.17. The van der Waals surface area contributed by atoms with Crippen LogP contribution in [0.15, 0.2) is 12.3 Å². The molecular weight excluding hydrogens is 198 g/mol. The third-order valence-electron chi connectivity index (χ3n) is 1.89. The molecule has 1 amide bonds. The quantitative estimate of drug-likeness (QED) is 0.605. The number of carbonyl (C=O) groups is 2. The van der Waals surface area contributed by atoms with Crippen molar-refractivity contribution in [2.24, 2.45) is 0 Å². The van der Waals surface area contributed by atoms with E-state index in [1.54, 1.807) is 0 Å². The first-order valence-electron chi connectivity index (χ1n) is 4.34. The Morgan fingerprint density at radius 1 is 1.60 bits per heavy atom. The number of carboxylic acids is 1. The summed E-state index contributed by atoms with van der Waals surface area (Å²) in [6.45, 7) is 1.84. The fraction of sp³-hybridized carbons (Fsp3) is 0.222. The van der Waals surface area contributed by atoms with Crippen LogP contribution in [0.1, 0.15) is 12.5 Å². The molecule has 0 saturated heterocycles. The number of anilines is 2. The second-order valence-corrected chi connectivity index (χ2v) is 2.84. The van der Waals surface area contributed by atoms with Gasteiger partial charge in [0.15, 0.2) is 0 Å². The van der Waals surface area contributed by atoms with Gasteiger partial charge in [0.05, 0.1) is 0 Å². The Labute approximate surface area is 86.1 Å². The SMILES string of the molecule is CCc1c(NC(=O)C(=O)O)ccnc1N. The molecule has 0 fully saturated rings. The number of nitrogens with two attached hydrogens (primary N) is 1. The van der Waals surface area contributed by atoms with Crippen LogP contribution in [-0.2, 0) is 16.0 Å². The maximum Gasteiger partial charge on any atom is 0.394 e. The van der Waals surface area contributed by atoms with Gasteiger partial charge in [-0.15, -0.1) is 0 Å². The Hall–Kier alpha value is -2.11. The van der Waals surface area contributed by atoms with Gasteiger partial charge in [0, 0.05) is 17.4 Å². The molecular formula is C9H11N3O3. The summed E-state index contributed by atoms with van der Waals surface area (Å²) in [4.78, 5) is 25.1. The minimum absolute atomic E-state index is 0.292. The van der Waals surface area contributed by atoms with E-state index in [2.05, 4.69) is 10.3 Å². The molecule has 1 rings (SSSR count). The van der Waals surface area contributed by atoms with Gasteiger partial charge in [0.25, 0.3) is 0 Å². The lowest BCUT2D eigenvalue weighted by Crippen LogP contribution is -2.22. The van der Waals surface area contributed by atoms with Gasteiger partial charge in [-0.05, 0) is 12.5 Å². The largest absolute Gasteiger partial charge is 0.474 e. The zero-order valence-corrected chi connectivity index (χ0v) is 8.15. The maximum atomic E-state index is 10.9. The number of nitrogen functional groups attached to an aromatic ring is 1. The van der Waals surface area contributed by atoms with Gasteiger partial charge in [-0.1, -0.05) is 6.92 Å². The Balaban J connectivity index is 2.99. The van der Waals surface area contributed by atoms with Crippen LogP contribution >= 0.6 is 0 Å². The first-order valence-corrected chi connectivity index (χ1v) is 4.34. The summed E-state index contributed by atoms with van der Waals surface area (Å²) in [7, 11) is 0. The average Bonchev–Trinajstić information content (AvgIpc) is 2.18. The van der Waals surface area contributed by atoms with Crippen LogP contribution in [0, 0.1) is 0 Å². The Morgan fingerprint density at radius 3 is 2.80 bits per heavy atom. The van der Waals surface area contributed by atoms with Gasteiger partial charge >= 0.3 is 11.9 Å². The van der Waals surface area contributed by atoms with Crippen LogP contribution in [0.4, 0.5) is 11.5 Å². The number of pyridine rings is 1. The van der Waals surface area contributed by atoms with Gasteiger partial charge < -0.3 is 16.2 Å². The molecule has 1 heterocycles. The zero-order chi connectivity index (χ0) is 11.4. The molecule has 15 heavy (non-hydrogen) atoms. The number of carboxylic acid groups (broad SMARTS) is 1. The predicted molar refractivity (Wildman–Crippen MR) is 54.3 cm³/mol. The summed E-state index contributed by atoms with van der Waals surface area (Å²) in [5, 5.41) is 10.7. The normalized spacial score (nSPS) is 9.67. The lowest BCUT2D eigenvalue weighted by atomic mass is 10.1. The standard InChI is InChI=1S/C9H11N3O3/c1-2-5-6(3-4-11-7(5)10)12-8(13)9(14)15/h3-4H,2H2,1H3,(H,14,15)(H3,10,11,12,13). The Morgan fingerprint density at radius 2 is 2.27 bits per heavy atom. The molecule has 0 aromatic carbocycles. The van der Waals surface area contributed by atoms with E-state index in [4.69, 9.17) is 10.8 Å². The van der Waals surface area contributed by atoms with E-state index in [1.165, 1.54) is 12.3 Å². The molecule has 0 atom stereocenters. The molecule has 0 aliphatic carbocycles. The Bertz CT molecular complexity index is 404. The molecule has 0 unspecified atom stereocenters. The van der Waals surface area contributed by atoms with Crippen LogP contribution in [0.25, 0.3) is 0 Å². The Kier molecular flexibility index (Phi) is 3.22. The summed E-state index contributed by atoms with van der Waals surface area (Å²) in [5.74, 6) is -2.33. The van der Waals surface area contributed by atoms with Gasteiger partial charge in [-0.25, -0.2) is 9.78 Å². The van der Waals surface area contributed by atoms with E-state index in [-0.39, 0.29) is 0 Å². The summed E-state index contributed by atoms with van der Waals surface area (Å²) >= 11 is 0. The third-order valence-corrected chi connectivity index (χ3v) is 1.89. The molecule has 4 N–H and O–H groups in total. The van der Waals surface area contributed by atoms with E-state index in [0.717, 1.165) is 0 Å². The van der Waals surface area contributed by atoms with Crippen molar-refractivity contribution in [1.29, 1.82) is 0 Å². The highest BCUT2D eigenvalue weighted by atomic mass is 16.4. The van der Waals surface area contributed by atoms with Crippen LogP contribution in [-0.4, -0.2) is 22.0 Å². The lowest BCUT2D eigenvalue weighted by molar-refractivity contribution is -0.147. The van der Waals surface area contributed by atoms with Crippen molar-refractivity contribution >= 4 is 23.4 Å². The molecule has 0 spiro atoms. The summed E-state index contributed by atoms with van der Waals surface area (Å²) in [6, 6.07) is 1.51. The molecule has 0 bridgehead atoms. The zero-order valence-electron chi connectivity index (χ0n) is 8.15. The van der Waals surface area contributed by atoms with Crippen molar-refractivity contribution < 1.29 is 14.7 Å². The minimum Gasteiger partial charge on any atom is -0.474 e. The third kappa shape index (κ3) is 2.43. The number of aliphatic carboxylic acids is 1. The number of nitrogens with one attached hydrogen (secondary N) is 1. The van der Waals surface area contributed by atoms with E-state index in [9.17, 15) is 9.59 Å². The first kappa shape index (κ1) is 11.0. The molecule has 0 radical (unpaired) electrons. The smallest absolute Gasteiger partial charge is 0.394 e. The van der Waals surface area contributed by atoms with Crippen LogP contribution in [0.5, 0.6) is 0 Å². The highest BCUT2D eigenvalue weighted by Gasteiger charge is 2.14. The first-order chi connectivity index (χ1) is 7.06. The number of amides is 1. The second kappa shape index (κ2) is 4.41. The monoisotopic (exact) mass is 209 g/mol. The number of carbonyl (C=O) groups excluding carboxylic acids is 1. The molecule has 1 aromatic rings. The molecule has 6 nitrogen and oxygen atoms in total. The fourth-order valence-electron chi connectivity index (χ4n) is 1.17. The average molecular weight is 209 g/mol. The minimum atomic E-state index is -1.53. The number of nitrogens with zero attached hydrogens (tertiary/aromatic N) is 1. The van der Waals surface area contributed by atoms with Crippen molar-refractivity contribution in [2.45, 2.75) is 13.3 Å².